The van der Waals surface area contributed by atoms with E-state index in [9.17, 15) is 9.90 Å². The molecular formula is C19H21ClN2O3. The SMILES string of the molecule is O=C(NCc1ccccc1CN1CCOCC1)c1cc(Cl)ccc1O. The number of ether oxygens (including phenoxy) is 1. The van der Waals surface area contributed by atoms with Crippen molar-refractivity contribution in [2.24, 2.45) is 0 Å². The molecule has 5 nitrogen and oxygen atoms in total. The maximum atomic E-state index is 12.3. The van der Waals surface area contributed by atoms with Gasteiger partial charge in [0.1, 0.15) is 5.75 Å². The number of aromatic hydroxyl groups is 1. The number of rotatable bonds is 5. The third-order valence-electron chi connectivity index (χ3n) is 4.26. The Balaban J connectivity index is 1.66. The first-order valence-electron chi connectivity index (χ1n) is 8.27. The van der Waals surface area contributed by atoms with E-state index in [0.717, 1.165) is 38.4 Å². The predicted octanol–water partition coefficient (Wildman–Crippen LogP) is 2.81. The number of carbonyl (C=O) groups is 1. The molecule has 3 rings (SSSR count). The standard InChI is InChI=1S/C19H21ClN2O3/c20-16-5-6-18(23)17(11-16)19(24)21-12-14-3-1-2-4-15(14)13-22-7-9-25-10-8-22/h1-6,11,23H,7-10,12-13H2,(H,21,24). The van der Waals surface area contributed by atoms with Crippen molar-refractivity contribution in [2.75, 3.05) is 26.3 Å². The molecule has 1 saturated heterocycles. The zero-order valence-corrected chi connectivity index (χ0v) is 14.6. The number of phenolic OH excluding ortho intramolecular Hbond substituents is 1. The van der Waals surface area contributed by atoms with Crippen molar-refractivity contribution in [3.05, 3.63) is 64.2 Å². The van der Waals surface area contributed by atoms with Crippen LogP contribution in [0.4, 0.5) is 0 Å². The normalized spacial score (nSPS) is 15.1. The summed E-state index contributed by atoms with van der Waals surface area (Å²) < 4.78 is 5.38. The lowest BCUT2D eigenvalue weighted by Crippen LogP contribution is -2.36. The second-order valence-corrected chi connectivity index (χ2v) is 6.44. The van der Waals surface area contributed by atoms with Crippen LogP contribution in [0.25, 0.3) is 0 Å². The summed E-state index contributed by atoms with van der Waals surface area (Å²) in [7, 11) is 0. The van der Waals surface area contributed by atoms with Crippen LogP contribution in [-0.4, -0.2) is 42.2 Å². The fourth-order valence-corrected chi connectivity index (χ4v) is 3.02. The zero-order chi connectivity index (χ0) is 17.6. The third-order valence-corrected chi connectivity index (χ3v) is 4.49. The van der Waals surface area contributed by atoms with Crippen LogP contribution in [0.2, 0.25) is 5.02 Å². The number of amides is 1. The number of nitrogens with one attached hydrogen (secondary N) is 1. The summed E-state index contributed by atoms with van der Waals surface area (Å²) in [5.41, 5.74) is 2.42. The van der Waals surface area contributed by atoms with Crippen LogP contribution >= 0.6 is 11.6 Å². The molecule has 0 spiro atoms. The lowest BCUT2D eigenvalue weighted by Gasteiger charge is -2.27. The largest absolute Gasteiger partial charge is 0.507 e. The van der Waals surface area contributed by atoms with Gasteiger partial charge in [0.25, 0.3) is 5.91 Å². The van der Waals surface area contributed by atoms with Gasteiger partial charge in [-0.25, -0.2) is 0 Å². The molecule has 6 heteroatoms. The first kappa shape index (κ1) is 17.7. The molecule has 0 aromatic heterocycles. The van der Waals surface area contributed by atoms with Gasteiger partial charge in [0.05, 0.1) is 18.8 Å². The maximum Gasteiger partial charge on any atom is 0.255 e. The van der Waals surface area contributed by atoms with Crippen LogP contribution < -0.4 is 5.32 Å². The average molecular weight is 361 g/mol. The smallest absolute Gasteiger partial charge is 0.255 e. The van der Waals surface area contributed by atoms with Gasteiger partial charge in [-0.3, -0.25) is 9.69 Å². The van der Waals surface area contributed by atoms with Gasteiger partial charge < -0.3 is 15.2 Å². The Morgan fingerprint density at radius 1 is 1.16 bits per heavy atom. The number of benzene rings is 2. The predicted molar refractivity (Wildman–Crippen MR) is 96.8 cm³/mol. The van der Waals surface area contributed by atoms with E-state index in [-0.39, 0.29) is 17.2 Å². The first-order chi connectivity index (χ1) is 12.1. The van der Waals surface area contributed by atoms with E-state index in [1.807, 2.05) is 18.2 Å². The van der Waals surface area contributed by atoms with Crippen LogP contribution in [0.5, 0.6) is 5.75 Å². The molecular weight excluding hydrogens is 340 g/mol. The number of hydrogen-bond acceptors (Lipinski definition) is 4. The van der Waals surface area contributed by atoms with E-state index in [1.165, 1.54) is 17.7 Å². The highest BCUT2D eigenvalue weighted by molar-refractivity contribution is 6.31. The fourth-order valence-electron chi connectivity index (χ4n) is 2.85. The molecule has 0 radical (unpaired) electrons. The van der Waals surface area contributed by atoms with Crippen molar-refractivity contribution in [1.29, 1.82) is 0 Å². The summed E-state index contributed by atoms with van der Waals surface area (Å²) in [5.74, 6) is -0.426. The first-order valence-corrected chi connectivity index (χ1v) is 8.65. The Hall–Kier alpha value is -2.08. The average Bonchev–Trinajstić information content (AvgIpc) is 2.63. The molecule has 2 aromatic rings. The number of halogens is 1. The van der Waals surface area contributed by atoms with E-state index in [2.05, 4.69) is 16.3 Å². The van der Waals surface area contributed by atoms with Crippen molar-refractivity contribution < 1.29 is 14.6 Å². The minimum absolute atomic E-state index is 0.0801. The summed E-state index contributed by atoms with van der Waals surface area (Å²) >= 11 is 5.90. The molecule has 0 saturated carbocycles. The summed E-state index contributed by atoms with van der Waals surface area (Å²) in [6.45, 7) is 4.57. The molecule has 1 aliphatic rings. The number of carbonyl (C=O) groups excluding carboxylic acids is 1. The van der Waals surface area contributed by atoms with Gasteiger partial charge in [-0.15, -0.1) is 0 Å². The van der Waals surface area contributed by atoms with Crippen LogP contribution in [0.1, 0.15) is 21.5 Å². The van der Waals surface area contributed by atoms with Crippen LogP contribution in [0.3, 0.4) is 0 Å². The second kappa shape index (κ2) is 8.34. The number of phenols is 1. The van der Waals surface area contributed by atoms with Gasteiger partial charge in [0.2, 0.25) is 0 Å². The maximum absolute atomic E-state index is 12.3. The lowest BCUT2D eigenvalue weighted by molar-refractivity contribution is 0.0340. The van der Waals surface area contributed by atoms with Gasteiger partial charge in [-0.05, 0) is 29.3 Å². The van der Waals surface area contributed by atoms with E-state index in [1.54, 1.807) is 6.07 Å². The molecule has 0 aliphatic carbocycles. The molecule has 0 bridgehead atoms. The summed E-state index contributed by atoms with van der Waals surface area (Å²) in [5, 5.41) is 13.1. The molecule has 1 fully saturated rings. The summed E-state index contributed by atoms with van der Waals surface area (Å²) in [6.07, 6.45) is 0. The van der Waals surface area contributed by atoms with Gasteiger partial charge in [0.15, 0.2) is 0 Å². The summed E-state index contributed by atoms with van der Waals surface area (Å²) in [6, 6.07) is 12.5. The third kappa shape index (κ3) is 4.72. The van der Waals surface area contributed by atoms with Crippen LogP contribution in [0, 0.1) is 0 Å². The quantitative estimate of drug-likeness (QED) is 0.860. The molecule has 132 valence electrons. The summed E-state index contributed by atoms with van der Waals surface area (Å²) in [4.78, 5) is 14.7. The van der Waals surface area contributed by atoms with Gasteiger partial charge in [-0.2, -0.15) is 0 Å². The van der Waals surface area contributed by atoms with Crippen LogP contribution in [0.15, 0.2) is 42.5 Å². The molecule has 1 amide bonds. The monoisotopic (exact) mass is 360 g/mol. The Morgan fingerprint density at radius 3 is 2.64 bits per heavy atom. The Bertz CT molecular complexity index is 745. The molecule has 0 atom stereocenters. The van der Waals surface area contributed by atoms with Crippen molar-refractivity contribution in [3.63, 3.8) is 0 Å². The van der Waals surface area contributed by atoms with Gasteiger partial charge in [0, 0.05) is 31.2 Å². The molecule has 2 aromatic carbocycles. The van der Waals surface area contributed by atoms with Crippen LogP contribution in [-0.2, 0) is 17.8 Å². The Morgan fingerprint density at radius 2 is 1.88 bits per heavy atom. The molecule has 2 N–H and O–H groups in total. The van der Waals surface area contributed by atoms with Crippen molar-refractivity contribution >= 4 is 17.5 Å². The zero-order valence-electron chi connectivity index (χ0n) is 13.9. The minimum Gasteiger partial charge on any atom is -0.507 e. The lowest BCUT2D eigenvalue weighted by atomic mass is 10.1. The highest BCUT2D eigenvalue weighted by Gasteiger charge is 2.15. The molecule has 25 heavy (non-hydrogen) atoms. The van der Waals surface area contributed by atoms with Gasteiger partial charge in [-0.1, -0.05) is 35.9 Å². The van der Waals surface area contributed by atoms with E-state index in [0.29, 0.717) is 11.6 Å². The fraction of sp³-hybridized carbons (Fsp3) is 0.316. The number of nitrogens with zero attached hydrogens (tertiary/aromatic N) is 1. The molecule has 1 heterocycles. The van der Waals surface area contributed by atoms with Crippen molar-refractivity contribution in [3.8, 4) is 5.75 Å². The van der Waals surface area contributed by atoms with E-state index >= 15 is 0 Å². The minimum atomic E-state index is -0.346. The van der Waals surface area contributed by atoms with Gasteiger partial charge >= 0.3 is 0 Å². The number of hydrogen-bond donors (Lipinski definition) is 2. The highest BCUT2D eigenvalue weighted by Crippen LogP contribution is 2.21. The topological polar surface area (TPSA) is 61.8 Å². The second-order valence-electron chi connectivity index (χ2n) is 6.00. The highest BCUT2D eigenvalue weighted by atomic mass is 35.5. The van der Waals surface area contributed by atoms with E-state index < -0.39 is 0 Å². The number of morpholine rings is 1. The molecule has 0 unspecified atom stereocenters. The molecule has 1 aliphatic heterocycles. The van der Waals surface area contributed by atoms with E-state index in [4.69, 9.17) is 16.3 Å². The Labute approximate surface area is 152 Å². The Kier molecular flexibility index (Phi) is 5.91. The van der Waals surface area contributed by atoms with Crippen molar-refractivity contribution in [1.82, 2.24) is 10.2 Å². The van der Waals surface area contributed by atoms with Crippen molar-refractivity contribution in [2.45, 2.75) is 13.1 Å².